The van der Waals surface area contributed by atoms with Crippen molar-refractivity contribution >= 4 is 17.5 Å². The van der Waals surface area contributed by atoms with Crippen LogP contribution in [0.25, 0.3) is 5.69 Å². The van der Waals surface area contributed by atoms with Crippen LogP contribution in [0.4, 0.5) is 0 Å². The summed E-state index contributed by atoms with van der Waals surface area (Å²) >= 11 is 6.09. The number of halogens is 1. The number of carbonyl (C=O) groups is 1. The lowest BCUT2D eigenvalue weighted by Crippen LogP contribution is -2.37. The maximum absolute atomic E-state index is 13.1. The van der Waals surface area contributed by atoms with Gasteiger partial charge in [-0.05, 0) is 55.3 Å². The Morgan fingerprint density at radius 2 is 1.85 bits per heavy atom. The normalized spacial score (nSPS) is 12.0. The minimum atomic E-state index is 0.00892. The van der Waals surface area contributed by atoms with Crippen molar-refractivity contribution in [2.24, 2.45) is 0 Å². The summed E-state index contributed by atoms with van der Waals surface area (Å²) in [4.78, 5) is 15.0. The van der Waals surface area contributed by atoms with Crippen LogP contribution in [0.1, 0.15) is 36.2 Å². The smallest absolute Gasteiger partial charge is 0.254 e. The summed E-state index contributed by atoms with van der Waals surface area (Å²) in [5.74, 6) is 0.00892. The van der Waals surface area contributed by atoms with Crippen LogP contribution in [0.15, 0.2) is 61.2 Å². The molecular weight excluding hydrogens is 348 g/mol. The van der Waals surface area contributed by atoms with Gasteiger partial charge in [0, 0.05) is 28.9 Å². The second kappa shape index (κ2) is 8.15. The van der Waals surface area contributed by atoms with Gasteiger partial charge in [0.15, 0.2) is 0 Å². The predicted octanol–water partition coefficient (Wildman–Crippen LogP) is 4.36. The Kier molecular flexibility index (Phi) is 5.68. The molecule has 6 heteroatoms. The number of hydrogen-bond acceptors (Lipinski definition) is 3. The van der Waals surface area contributed by atoms with Crippen LogP contribution < -0.4 is 0 Å². The number of aromatic nitrogens is 3. The lowest BCUT2D eigenvalue weighted by molar-refractivity contribution is 0.0671. The predicted molar refractivity (Wildman–Crippen MR) is 102 cm³/mol. The topological polar surface area (TPSA) is 51.0 Å². The maximum Gasteiger partial charge on any atom is 0.254 e. The van der Waals surface area contributed by atoms with Gasteiger partial charge in [0.1, 0.15) is 12.7 Å². The third kappa shape index (κ3) is 4.11. The van der Waals surface area contributed by atoms with Crippen LogP contribution in [0, 0.1) is 0 Å². The van der Waals surface area contributed by atoms with Crippen molar-refractivity contribution in [2.75, 3.05) is 0 Å². The fourth-order valence-corrected chi connectivity index (χ4v) is 2.97. The zero-order chi connectivity index (χ0) is 18.5. The van der Waals surface area contributed by atoms with E-state index in [1.165, 1.54) is 0 Å². The minimum absolute atomic E-state index is 0.00892. The molecule has 1 atom stereocenters. The summed E-state index contributed by atoms with van der Waals surface area (Å²) < 4.78 is 1.80. The lowest BCUT2D eigenvalue weighted by Gasteiger charge is -2.29. The second-order valence-electron chi connectivity index (χ2n) is 6.24. The molecule has 1 aromatic heterocycles. The summed E-state index contributed by atoms with van der Waals surface area (Å²) in [6.45, 7) is 4.67. The van der Waals surface area contributed by atoms with E-state index in [0.717, 1.165) is 17.7 Å². The van der Waals surface area contributed by atoms with E-state index >= 15 is 0 Å². The zero-order valence-electron chi connectivity index (χ0n) is 14.8. The van der Waals surface area contributed by atoms with Crippen LogP contribution in [-0.2, 0) is 6.54 Å². The Hall–Kier alpha value is -2.66. The van der Waals surface area contributed by atoms with Crippen molar-refractivity contribution < 1.29 is 4.79 Å². The lowest BCUT2D eigenvalue weighted by atomic mass is 10.1. The van der Waals surface area contributed by atoms with Crippen molar-refractivity contribution in [2.45, 2.75) is 32.9 Å². The standard InChI is InChI=1S/C20H21ClN4O/c1-3-15(2)25(12-16-5-4-6-18(21)11-16)20(26)17-7-9-19(10-8-17)24-13-22-23-14-24/h4-11,13-15H,3,12H2,1-2H3/t15-/m0/s1. The number of hydrogen-bond donors (Lipinski definition) is 0. The first-order valence-corrected chi connectivity index (χ1v) is 8.96. The molecule has 2 aromatic carbocycles. The fraction of sp³-hybridized carbons (Fsp3) is 0.250. The zero-order valence-corrected chi connectivity index (χ0v) is 15.6. The van der Waals surface area contributed by atoms with E-state index in [9.17, 15) is 4.79 Å². The summed E-state index contributed by atoms with van der Waals surface area (Å²) in [5.41, 5.74) is 2.59. The van der Waals surface area contributed by atoms with Gasteiger partial charge in [-0.25, -0.2) is 0 Å². The summed E-state index contributed by atoms with van der Waals surface area (Å²) in [7, 11) is 0. The van der Waals surface area contributed by atoms with Gasteiger partial charge >= 0.3 is 0 Å². The number of benzene rings is 2. The molecule has 1 amide bonds. The van der Waals surface area contributed by atoms with Crippen molar-refractivity contribution in [1.29, 1.82) is 0 Å². The quantitative estimate of drug-likeness (QED) is 0.649. The number of amides is 1. The highest BCUT2D eigenvalue weighted by Gasteiger charge is 2.21. The highest BCUT2D eigenvalue weighted by Crippen LogP contribution is 2.19. The molecule has 0 aliphatic rings. The molecule has 0 saturated carbocycles. The Labute approximate surface area is 158 Å². The molecule has 0 aliphatic heterocycles. The first kappa shape index (κ1) is 18.1. The van der Waals surface area contributed by atoms with E-state index in [-0.39, 0.29) is 11.9 Å². The molecule has 0 radical (unpaired) electrons. The van der Waals surface area contributed by atoms with E-state index in [1.54, 1.807) is 17.2 Å². The fourth-order valence-electron chi connectivity index (χ4n) is 2.76. The van der Waals surface area contributed by atoms with Gasteiger partial charge in [-0.3, -0.25) is 9.36 Å². The van der Waals surface area contributed by atoms with E-state index in [1.807, 2.05) is 53.4 Å². The van der Waals surface area contributed by atoms with Crippen molar-refractivity contribution in [3.05, 3.63) is 77.3 Å². The van der Waals surface area contributed by atoms with Crippen LogP contribution in [-0.4, -0.2) is 31.6 Å². The molecule has 26 heavy (non-hydrogen) atoms. The van der Waals surface area contributed by atoms with Crippen LogP contribution in [0.2, 0.25) is 5.02 Å². The molecule has 0 N–H and O–H groups in total. The van der Waals surface area contributed by atoms with Crippen molar-refractivity contribution in [3.8, 4) is 5.69 Å². The molecule has 0 unspecified atom stereocenters. The minimum Gasteiger partial charge on any atom is -0.332 e. The van der Waals surface area contributed by atoms with Gasteiger partial charge in [0.05, 0.1) is 0 Å². The van der Waals surface area contributed by atoms with Gasteiger partial charge in [-0.2, -0.15) is 0 Å². The molecule has 3 aromatic rings. The van der Waals surface area contributed by atoms with Gasteiger partial charge < -0.3 is 4.90 Å². The van der Waals surface area contributed by atoms with Gasteiger partial charge in [-0.1, -0.05) is 30.7 Å². The molecule has 0 saturated heterocycles. The summed E-state index contributed by atoms with van der Waals surface area (Å²) in [6.07, 6.45) is 4.13. The first-order valence-electron chi connectivity index (χ1n) is 8.59. The van der Waals surface area contributed by atoms with Gasteiger partial charge in [0.25, 0.3) is 5.91 Å². The van der Waals surface area contributed by atoms with Gasteiger partial charge in [-0.15, -0.1) is 10.2 Å². The van der Waals surface area contributed by atoms with E-state index < -0.39 is 0 Å². The number of carbonyl (C=O) groups excluding carboxylic acids is 1. The van der Waals surface area contributed by atoms with E-state index in [2.05, 4.69) is 24.0 Å². The summed E-state index contributed by atoms with van der Waals surface area (Å²) in [5, 5.41) is 8.28. The maximum atomic E-state index is 13.1. The first-order chi connectivity index (χ1) is 12.6. The largest absolute Gasteiger partial charge is 0.332 e. The summed E-state index contributed by atoms with van der Waals surface area (Å²) in [6, 6.07) is 15.2. The van der Waals surface area contributed by atoms with E-state index in [0.29, 0.717) is 17.1 Å². The molecule has 3 rings (SSSR count). The highest BCUT2D eigenvalue weighted by molar-refractivity contribution is 6.30. The highest BCUT2D eigenvalue weighted by atomic mass is 35.5. The van der Waals surface area contributed by atoms with Crippen LogP contribution in [0.3, 0.4) is 0 Å². The molecule has 0 bridgehead atoms. The Morgan fingerprint density at radius 1 is 1.15 bits per heavy atom. The molecule has 1 heterocycles. The molecule has 134 valence electrons. The molecule has 0 spiro atoms. The van der Waals surface area contributed by atoms with Crippen molar-refractivity contribution in [3.63, 3.8) is 0 Å². The Morgan fingerprint density at radius 3 is 2.46 bits per heavy atom. The van der Waals surface area contributed by atoms with Crippen LogP contribution in [0.5, 0.6) is 0 Å². The average Bonchev–Trinajstić information content (AvgIpc) is 3.20. The Bertz CT molecular complexity index is 862. The third-order valence-electron chi connectivity index (χ3n) is 4.46. The molecule has 0 fully saturated rings. The Balaban J connectivity index is 1.83. The molecular formula is C20H21ClN4O. The van der Waals surface area contributed by atoms with Crippen molar-refractivity contribution in [1.82, 2.24) is 19.7 Å². The second-order valence-corrected chi connectivity index (χ2v) is 6.67. The third-order valence-corrected chi connectivity index (χ3v) is 4.69. The SMILES string of the molecule is CC[C@H](C)N(Cc1cccc(Cl)c1)C(=O)c1ccc(-n2cnnc2)cc1. The van der Waals surface area contributed by atoms with E-state index in [4.69, 9.17) is 11.6 Å². The average molecular weight is 369 g/mol. The number of rotatable bonds is 6. The molecule has 5 nitrogen and oxygen atoms in total. The monoisotopic (exact) mass is 368 g/mol. The number of nitrogens with zero attached hydrogens (tertiary/aromatic N) is 4. The van der Waals surface area contributed by atoms with Gasteiger partial charge in [0.2, 0.25) is 0 Å². The van der Waals surface area contributed by atoms with Crippen LogP contribution >= 0.6 is 11.6 Å². The molecule has 0 aliphatic carbocycles.